The molecule has 3 rings (SSSR count). The van der Waals surface area contributed by atoms with Crippen LogP contribution in [0.4, 0.5) is 11.4 Å². The molecule has 6 nitrogen and oxygen atoms in total. The van der Waals surface area contributed by atoms with Crippen molar-refractivity contribution in [2.24, 2.45) is 0 Å². The van der Waals surface area contributed by atoms with Crippen molar-refractivity contribution in [3.05, 3.63) is 54.1 Å². The summed E-state index contributed by atoms with van der Waals surface area (Å²) < 4.78 is 5.11. The van der Waals surface area contributed by atoms with E-state index in [-0.39, 0.29) is 11.0 Å². The minimum Gasteiger partial charge on any atom is -0.497 e. The SMILES string of the molecule is COc1ccc(C(=O)NC(=S)Nc2ccccc2N2CCN(C)CC2)cc1. The normalized spacial score (nSPS) is 14.5. The molecule has 1 amide bonds. The molecule has 2 aromatic rings. The van der Waals surface area contributed by atoms with Crippen molar-refractivity contribution >= 4 is 34.6 Å². The summed E-state index contributed by atoms with van der Waals surface area (Å²) in [5, 5.41) is 6.17. The van der Waals surface area contributed by atoms with Crippen molar-refractivity contribution in [1.29, 1.82) is 0 Å². The Labute approximate surface area is 165 Å². The molecule has 27 heavy (non-hydrogen) atoms. The van der Waals surface area contributed by atoms with Crippen LogP contribution in [0.15, 0.2) is 48.5 Å². The Hall–Kier alpha value is -2.64. The number of amides is 1. The van der Waals surface area contributed by atoms with Gasteiger partial charge in [-0.3, -0.25) is 10.1 Å². The summed E-state index contributed by atoms with van der Waals surface area (Å²) in [4.78, 5) is 17.0. The molecule has 1 fully saturated rings. The number of nitrogens with one attached hydrogen (secondary N) is 2. The maximum Gasteiger partial charge on any atom is 0.257 e. The van der Waals surface area contributed by atoms with Gasteiger partial charge in [-0.25, -0.2) is 0 Å². The molecule has 0 bridgehead atoms. The van der Waals surface area contributed by atoms with Crippen LogP contribution in [0.25, 0.3) is 0 Å². The number of anilines is 2. The zero-order chi connectivity index (χ0) is 19.2. The number of carbonyl (C=O) groups is 1. The number of thiocarbonyl (C=S) groups is 1. The first-order valence-electron chi connectivity index (χ1n) is 8.86. The van der Waals surface area contributed by atoms with Crippen molar-refractivity contribution < 1.29 is 9.53 Å². The molecule has 2 aromatic carbocycles. The van der Waals surface area contributed by atoms with Gasteiger partial charge in [-0.2, -0.15) is 0 Å². The standard InChI is InChI=1S/C20H24N4O2S/c1-23-11-13-24(14-12-23)18-6-4-3-5-17(18)21-20(27)22-19(25)15-7-9-16(26-2)10-8-15/h3-10H,11-14H2,1-2H3,(H2,21,22,25,27). The maximum absolute atomic E-state index is 12.4. The molecule has 1 saturated heterocycles. The van der Waals surface area contributed by atoms with Gasteiger partial charge in [-0.15, -0.1) is 0 Å². The third-order valence-corrected chi connectivity index (χ3v) is 4.78. The fourth-order valence-electron chi connectivity index (χ4n) is 2.97. The molecule has 0 spiro atoms. The Bertz CT molecular complexity index is 802. The van der Waals surface area contributed by atoms with Gasteiger partial charge in [0.05, 0.1) is 18.5 Å². The predicted octanol–water partition coefficient (Wildman–Crippen LogP) is 2.57. The van der Waals surface area contributed by atoms with Gasteiger partial charge < -0.3 is 19.9 Å². The van der Waals surface area contributed by atoms with Crippen LogP contribution < -0.4 is 20.3 Å². The molecular formula is C20H24N4O2S. The lowest BCUT2D eigenvalue weighted by Crippen LogP contribution is -2.45. The van der Waals surface area contributed by atoms with Crippen molar-refractivity contribution in [3.63, 3.8) is 0 Å². The Morgan fingerprint density at radius 2 is 1.70 bits per heavy atom. The average Bonchev–Trinajstić information content (AvgIpc) is 2.69. The molecule has 1 heterocycles. The van der Waals surface area contributed by atoms with Crippen LogP contribution in [-0.2, 0) is 0 Å². The second-order valence-electron chi connectivity index (χ2n) is 6.44. The molecule has 142 valence electrons. The summed E-state index contributed by atoms with van der Waals surface area (Å²) in [6, 6.07) is 14.9. The maximum atomic E-state index is 12.4. The van der Waals surface area contributed by atoms with Gasteiger partial charge in [0.15, 0.2) is 5.11 Å². The summed E-state index contributed by atoms with van der Waals surface area (Å²) in [6.45, 7) is 3.96. The van der Waals surface area contributed by atoms with E-state index in [1.165, 1.54) is 0 Å². The fourth-order valence-corrected chi connectivity index (χ4v) is 3.18. The van der Waals surface area contributed by atoms with E-state index in [0.717, 1.165) is 37.6 Å². The van der Waals surface area contributed by atoms with E-state index in [1.54, 1.807) is 31.4 Å². The molecule has 1 aliphatic heterocycles. The number of ether oxygens (including phenoxy) is 1. The number of carbonyl (C=O) groups excluding carboxylic acids is 1. The molecule has 0 radical (unpaired) electrons. The average molecular weight is 385 g/mol. The number of para-hydroxylation sites is 2. The topological polar surface area (TPSA) is 56.8 Å². The van der Waals surface area contributed by atoms with Crippen molar-refractivity contribution in [2.75, 3.05) is 50.6 Å². The molecule has 0 aromatic heterocycles. The lowest BCUT2D eigenvalue weighted by atomic mass is 10.2. The number of piperazine rings is 1. The number of likely N-dealkylation sites (N-methyl/N-ethyl adjacent to an activating group) is 1. The third-order valence-electron chi connectivity index (χ3n) is 4.58. The van der Waals surface area contributed by atoms with E-state index < -0.39 is 0 Å². The number of hydrogen-bond donors (Lipinski definition) is 2. The highest BCUT2D eigenvalue weighted by Crippen LogP contribution is 2.26. The molecule has 0 unspecified atom stereocenters. The summed E-state index contributed by atoms with van der Waals surface area (Å²) in [6.07, 6.45) is 0. The number of rotatable bonds is 4. The van der Waals surface area contributed by atoms with E-state index in [2.05, 4.69) is 33.5 Å². The Morgan fingerprint density at radius 1 is 1.04 bits per heavy atom. The second kappa shape index (κ2) is 8.83. The molecule has 7 heteroatoms. The predicted molar refractivity (Wildman–Crippen MR) is 113 cm³/mol. The van der Waals surface area contributed by atoms with Gasteiger partial charge in [0, 0.05) is 31.7 Å². The lowest BCUT2D eigenvalue weighted by Gasteiger charge is -2.35. The number of hydrogen-bond acceptors (Lipinski definition) is 5. The molecule has 0 saturated carbocycles. The molecule has 1 aliphatic rings. The Morgan fingerprint density at radius 3 is 2.37 bits per heavy atom. The van der Waals surface area contributed by atoms with Gasteiger partial charge in [0.2, 0.25) is 0 Å². The highest BCUT2D eigenvalue weighted by Gasteiger charge is 2.17. The van der Waals surface area contributed by atoms with E-state index >= 15 is 0 Å². The summed E-state index contributed by atoms with van der Waals surface area (Å²) >= 11 is 5.35. The molecule has 0 atom stereocenters. The summed E-state index contributed by atoms with van der Waals surface area (Å²) in [5.74, 6) is 0.445. The lowest BCUT2D eigenvalue weighted by molar-refractivity contribution is 0.0977. The highest BCUT2D eigenvalue weighted by atomic mass is 32.1. The smallest absolute Gasteiger partial charge is 0.257 e. The van der Waals surface area contributed by atoms with Gasteiger partial charge >= 0.3 is 0 Å². The zero-order valence-electron chi connectivity index (χ0n) is 15.6. The number of methoxy groups -OCH3 is 1. The fraction of sp³-hybridized carbons (Fsp3) is 0.300. The third kappa shape index (κ3) is 4.96. The Kier molecular flexibility index (Phi) is 6.26. The van der Waals surface area contributed by atoms with Crippen molar-refractivity contribution in [2.45, 2.75) is 0 Å². The van der Waals surface area contributed by atoms with Crippen LogP contribution in [0.1, 0.15) is 10.4 Å². The molecule has 0 aliphatic carbocycles. The van der Waals surface area contributed by atoms with E-state index in [0.29, 0.717) is 11.3 Å². The van der Waals surface area contributed by atoms with E-state index in [9.17, 15) is 4.79 Å². The largest absolute Gasteiger partial charge is 0.497 e. The van der Waals surface area contributed by atoms with E-state index in [1.807, 2.05) is 18.2 Å². The zero-order valence-corrected chi connectivity index (χ0v) is 16.4. The monoisotopic (exact) mass is 384 g/mol. The van der Waals surface area contributed by atoms with Crippen LogP contribution >= 0.6 is 12.2 Å². The highest BCUT2D eigenvalue weighted by molar-refractivity contribution is 7.80. The van der Waals surface area contributed by atoms with Gasteiger partial charge in [0.1, 0.15) is 5.75 Å². The van der Waals surface area contributed by atoms with Gasteiger partial charge in [-0.05, 0) is 55.7 Å². The van der Waals surface area contributed by atoms with Crippen molar-refractivity contribution in [3.8, 4) is 5.75 Å². The van der Waals surface area contributed by atoms with Crippen LogP contribution in [0.3, 0.4) is 0 Å². The van der Waals surface area contributed by atoms with E-state index in [4.69, 9.17) is 17.0 Å². The van der Waals surface area contributed by atoms with Crippen LogP contribution in [0.5, 0.6) is 5.75 Å². The van der Waals surface area contributed by atoms with Crippen LogP contribution in [0.2, 0.25) is 0 Å². The van der Waals surface area contributed by atoms with Gasteiger partial charge in [-0.1, -0.05) is 12.1 Å². The van der Waals surface area contributed by atoms with Crippen molar-refractivity contribution in [1.82, 2.24) is 10.2 Å². The number of nitrogens with zero attached hydrogens (tertiary/aromatic N) is 2. The first-order chi connectivity index (χ1) is 13.1. The second-order valence-corrected chi connectivity index (χ2v) is 6.85. The number of benzene rings is 2. The summed E-state index contributed by atoms with van der Waals surface area (Å²) in [5.41, 5.74) is 2.50. The molecular weight excluding hydrogens is 360 g/mol. The first-order valence-corrected chi connectivity index (χ1v) is 9.26. The summed E-state index contributed by atoms with van der Waals surface area (Å²) in [7, 11) is 3.72. The minimum absolute atomic E-state index is 0.257. The minimum atomic E-state index is -0.257. The van der Waals surface area contributed by atoms with Crippen LogP contribution in [-0.4, -0.2) is 56.3 Å². The first kappa shape index (κ1) is 19.1. The van der Waals surface area contributed by atoms with Gasteiger partial charge in [0.25, 0.3) is 5.91 Å². The van der Waals surface area contributed by atoms with Crippen LogP contribution in [0, 0.1) is 0 Å². The quantitative estimate of drug-likeness (QED) is 0.791. The molecule has 2 N–H and O–H groups in total. The Balaban J connectivity index is 1.64.